The van der Waals surface area contributed by atoms with Crippen molar-refractivity contribution < 1.29 is 9.32 Å². The fraction of sp³-hybridized carbons (Fsp3) is 0.263. The van der Waals surface area contributed by atoms with E-state index < -0.39 is 5.91 Å². The SMILES string of the molecule is CCc1cc(CNC(=O)c2c(C)ccn(Cc3cccnc3)c2=O)on1. The number of rotatable bonds is 6. The zero-order valence-electron chi connectivity index (χ0n) is 14.7. The van der Waals surface area contributed by atoms with Crippen LogP contribution in [0, 0.1) is 6.92 Å². The van der Waals surface area contributed by atoms with E-state index in [1.807, 2.05) is 19.1 Å². The Morgan fingerprint density at radius 2 is 2.19 bits per heavy atom. The van der Waals surface area contributed by atoms with Crippen molar-refractivity contribution in [2.45, 2.75) is 33.4 Å². The van der Waals surface area contributed by atoms with Crippen LogP contribution in [0.2, 0.25) is 0 Å². The number of carbonyl (C=O) groups is 1. The predicted molar refractivity (Wildman–Crippen MR) is 95.8 cm³/mol. The van der Waals surface area contributed by atoms with Crippen LogP contribution in [-0.2, 0) is 19.5 Å². The fourth-order valence-corrected chi connectivity index (χ4v) is 2.62. The number of nitrogens with zero attached hydrogens (tertiary/aromatic N) is 3. The molecule has 3 rings (SSSR count). The molecule has 0 aliphatic carbocycles. The lowest BCUT2D eigenvalue weighted by atomic mass is 10.1. The predicted octanol–water partition coefficient (Wildman–Crippen LogP) is 2.08. The molecule has 0 saturated carbocycles. The molecule has 0 aromatic carbocycles. The van der Waals surface area contributed by atoms with E-state index in [1.54, 1.807) is 37.6 Å². The van der Waals surface area contributed by atoms with E-state index in [2.05, 4.69) is 15.5 Å². The summed E-state index contributed by atoms with van der Waals surface area (Å²) in [6.45, 7) is 4.25. The van der Waals surface area contributed by atoms with Gasteiger partial charge in [0.25, 0.3) is 11.5 Å². The first-order valence-corrected chi connectivity index (χ1v) is 8.40. The van der Waals surface area contributed by atoms with Crippen LogP contribution >= 0.6 is 0 Å². The zero-order valence-corrected chi connectivity index (χ0v) is 14.7. The minimum absolute atomic E-state index is 0.131. The Balaban J connectivity index is 1.78. The molecular weight excluding hydrogens is 332 g/mol. The summed E-state index contributed by atoms with van der Waals surface area (Å²) in [5, 5.41) is 6.61. The highest BCUT2D eigenvalue weighted by Crippen LogP contribution is 2.07. The second-order valence-electron chi connectivity index (χ2n) is 5.99. The number of hydrogen-bond acceptors (Lipinski definition) is 5. The van der Waals surface area contributed by atoms with Gasteiger partial charge in [-0.05, 0) is 36.6 Å². The molecule has 3 heterocycles. The molecule has 1 N–H and O–H groups in total. The Labute approximate surface area is 150 Å². The fourth-order valence-electron chi connectivity index (χ4n) is 2.62. The van der Waals surface area contributed by atoms with Gasteiger partial charge in [0.15, 0.2) is 5.76 Å². The Morgan fingerprint density at radius 1 is 1.35 bits per heavy atom. The largest absolute Gasteiger partial charge is 0.359 e. The van der Waals surface area contributed by atoms with Crippen LogP contribution in [0.3, 0.4) is 0 Å². The smallest absolute Gasteiger partial charge is 0.263 e. The maximum absolute atomic E-state index is 12.7. The van der Waals surface area contributed by atoms with Crippen molar-refractivity contribution in [2.75, 3.05) is 0 Å². The first-order chi connectivity index (χ1) is 12.6. The van der Waals surface area contributed by atoms with Gasteiger partial charge in [-0.1, -0.05) is 18.1 Å². The van der Waals surface area contributed by atoms with Gasteiger partial charge < -0.3 is 14.4 Å². The average molecular weight is 352 g/mol. The van der Waals surface area contributed by atoms with Crippen LogP contribution in [0.4, 0.5) is 0 Å². The average Bonchev–Trinajstić information content (AvgIpc) is 3.11. The molecular formula is C19H20N4O3. The molecule has 7 heteroatoms. The van der Waals surface area contributed by atoms with Gasteiger partial charge in [0.1, 0.15) is 5.56 Å². The van der Waals surface area contributed by atoms with Crippen LogP contribution in [0.1, 0.15) is 39.9 Å². The summed E-state index contributed by atoms with van der Waals surface area (Å²) in [6.07, 6.45) is 5.81. The molecule has 0 unspecified atom stereocenters. The van der Waals surface area contributed by atoms with Crippen LogP contribution in [0.25, 0.3) is 0 Å². The van der Waals surface area contributed by atoms with E-state index in [0.717, 1.165) is 17.7 Å². The van der Waals surface area contributed by atoms with E-state index in [-0.39, 0.29) is 17.7 Å². The lowest BCUT2D eigenvalue weighted by Gasteiger charge is -2.10. The highest BCUT2D eigenvalue weighted by atomic mass is 16.5. The van der Waals surface area contributed by atoms with Crippen LogP contribution in [0.5, 0.6) is 0 Å². The van der Waals surface area contributed by atoms with Crippen LogP contribution in [0.15, 0.2) is 52.2 Å². The van der Waals surface area contributed by atoms with Gasteiger partial charge in [0, 0.05) is 24.7 Å². The third-order valence-electron chi connectivity index (χ3n) is 4.07. The minimum Gasteiger partial charge on any atom is -0.359 e. The molecule has 0 bridgehead atoms. The Kier molecular flexibility index (Phi) is 5.26. The molecule has 0 spiro atoms. The number of amides is 1. The van der Waals surface area contributed by atoms with E-state index in [0.29, 0.717) is 17.9 Å². The van der Waals surface area contributed by atoms with Gasteiger partial charge in [0.2, 0.25) is 0 Å². The van der Waals surface area contributed by atoms with Gasteiger partial charge >= 0.3 is 0 Å². The Morgan fingerprint density at radius 3 is 2.88 bits per heavy atom. The van der Waals surface area contributed by atoms with Crippen LogP contribution in [-0.4, -0.2) is 20.6 Å². The standard InChI is InChI=1S/C19H20N4O3/c1-3-15-9-16(26-22-15)11-21-18(24)17-13(2)6-8-23(19(17)25)12-14-5-4-7-20-10-14/h4-10H,3,11-12H2,1-2H3,(H,21,24). The maximum atomic E-state index is 12.7. The van der Waals surface area contributed by atoms with Crippen molar-refractivity contribution in [3.8, 4) is 0 Å². The van der Waals surface area contributed by atoms with Gasteiger partial charge in [-0.3, -0.25) is 14.6 Å². The summed E-state index contributed by atoms with van der Waals surface area (Å²) in [7, 11) is 0. The highest BCUT2D eigenvalue weighted by molar-refractivity contribution is 5.95. The third kappa shape index (κ3) is 3.88. The lowest BCUT2D eigenvalue weighted by molar-refractivity contribution is 0.0944. The van der Waals surface area contributed by atoms with Crippen molar-refractivity contribution in [2.24, 2.45) is 0 Å². The molecule has 0 radical (unpaired) electrons. The maximum Gasteiger partial charge on any atom is 0.263 e. The number of hydrogen-bond donors (Lipinski definition) is 1. The van der Waals surface area contributed by atoms with E-state index in [4.69, 9.17) is 4.52 Å². The second-order valence-corrected chi connectivity index (χ2v) is 5.99. The monoisotopic (exact) mass is 352 g/mol. The Bertz CT molecular complexity index is 960. The second kappa shape index (κ2) is 7.77. The lowest BCUT2D eigenvalue weighted by Crippen LogP contribution is -2.33. The molecule has 3 aromatic heterocycles. The van der Waals surface area contributed by atoms with Crippen molar-refractivity contribution in [3.63, 3.8) is 0 Å². The summed E-state index contributed by atoms with van der Waals surface area (Å²) >= 11 is 0. The van der Waals surface area contributed by atoms with Gasteiger partial charge in [-0.25, -0.2) is 0 Å². The van der Waals surface area contributed by atoms with Crippen LogP contribution < -0.4 is 10.9 Å². The molecule has 0 aliphatic rings. The summed E-state index contributed by atoms with van der Waals surface area (Å²) in [4.78, 5) is 29.3. The number of carbonyl (C=O) groups excluding carboxylic acids is 1. The normalized spacial score (nSPS) is 10.7. The van der Waals surface area contributed by atoms with Gasteiger partial charge in [0.05, 0.1) is 18.8 Å². The molecule has 0 fully saturated rings. The van der Waals surface area contributed by atoms with E-state index >= 15 is 0 Å². The van der Waals surface area contributed by atoms with E-state index in [1.165, 1.54) is 4.57 Å². The number of aromatic nitrogens is 3. The molecule has 134 valence electrons. The highest BCUT2D eigenvalue weighted by Gasteiger charge is 2.16. The third-order valence-corrected chi connectivity index (χ3v) is 4.07. The molecule has 7 nitrogen and oxygen atoms in total. The molecule has 1 amide bonds. The molecule has 0 atom stereocenters. The summed E-state index contributed by atoms with van der Waals surface area (Å²) in [5.74, 6) is 0.127. The van der Waals surface area contributed by atoms with Crippen molar-refractivity contribution in [1.82, 2.24) is 20.0 Å². The zero-order chi connectivity index (χ0) is 18.5. The molecule has 3 aromatic rings. The molecule has 26 heavy (non-hydrogen) atoms. The molecule has 0 saturated heterocycles. The Hall–Kier alpha value is -3.22. The summed E-state index contributed by atoms with van der Waals surface area (Å²) in [6, 6.07) is 7.24. The number of aryl methyl sites for hydroxylation is 2. The van der Waals surface area contributed by atoms with Crippen molar-refractivity contribution in [3.05, 3.63) is 81.4 Å². The quantitative estimate of drug-likeness (QED) is 0.733. The summed E-state index contributed by atoms with van der Waals surface area (Å²) < 4.78 is 6.65. The number of pyridine rings is 2. The topological polar surface area (TPSA) is 90.0 Å². The molecule has 0 aliphatic heterocycles. The summed E-state index contributed by atoms with van der Waals surface area (Å²) in [5.41, 5.74) is 2.13. The van der Waals surface area contributed by atoms with Gasteiger partial charge in [-0.15, -0.1) is 0 Å². The first kappa shape index (κ1) is 17.6. The first-order valence-electron chi connectivity index (χ1n) is 8.40. The van der Waals surface area contributed by atoms with Crippen molar-refractivity contribution >= 4 is 5.91 Å². The van der Waals surface area contributed by atoms with Crippen molar-refractivity contribution in [1.29, 1.82) is 0 Å². The van der Waals surface area contributed by atoms with Gasteiger partial charge in [-0.2, -0.15) is 0 Å². The van der Waals surface area contributed by atoms with E-state index in [9.17, 15) is 9.59 Å². The number of nitrogens with one attached hydrogen (secondary N) is 1. The minimum atomic E-state index is -0.428.